The summed E-state index contributed by atoms with van der Waals surface area (Å²) >= 11 is 0. The van der Waals surface area contributed by atoms with Crippen molar-refractivity contribution in [2.45, 2.75) is 19.4 Å². The predicted octanol–water partition coefficient (Wildman–Crippen LogP) is 2.21. The molecule has 0 bridgehead atoms. The van der Waals surface area contributed by atoms with Gasteiger partial charge >= 0.3 is 0 Å². The molecule has 1 N–H and O–H groups in total. The number of anilines is 1. The van der Waals surface area contributed by atoms with E-state index < -0.39 is 0 Å². The Morgan fingerprint density at radius 2 is 2.00 bits per heavy atom. The Morgan fingerprint density at radius 1 is 1.20 bits per heavy atom. The Labute approximate surface area is 145 Å². The van der Waals surface area contributed by atoms with Gasteiger partial charge in [-0.1, -0.05) is 30.3 Å². The molecule has 1 aromatic heterocycles. The van der Waals surface area contributed by atoms with Crippen LogP contribution in [-0.4, -0.2) is 34.6 Å². The molecule has 3 rings (SSSR count). The van der Waals surface area contributed by atoms with Crippen molar-refractivity contribution in [1.29, 1.82) is 0 Å². The molecule has 2 heterocycles. The van der Waals surface area contributed by atoms with Crippen molar-refractivity contribution in [2.24, 2.45) is 5.10 Å². The Hall–Kier alpha value is -3.22. The molecule has 0 saturated carbocycles. The van der Waals surface area contributed by atoms with Gasteiger partial charge in [-0.3, -0.25) is 9.59 Å². The molecule has 7 nitrogen and oxygen atoms in total. The Balaban J connectivity index is 1.75. The number of rotatable bonds is 5. The highest BCUT2D eigenvalue weighted by molar-refractivity contribution is 6.43. The van der Waals surface area contributed by atoms with Crippen LogP contribution in [0.2, 0.25) is 0 Å². The van der Waals surface area contributed by atoms with Gasteiger partial charge in [0.05, 0.1) is 13.7 Å². The van der Waals surface area contributed by atoms with Crippen molar-refractivity contribution in [3.63, 3.8) is 0 Å². The zero-order chi connectivity index (χ0) is 17.6. The second-order valence-corrected chi connectivity index (χ2v) is 5.50. The summed E-state index contributed by atoms with van der Waals surface area (Å²) in [6.07, 6.45) is 2.13. The van der Waals surface area contributed by atoms with Crippen LogP contribution in [0.5, 0.6) is 5.88 Å². The molecule has 0 atom stereocenters. The number of benzene rings is 1. The Bertz CT molecular complexity index is 805. The normalized spacial score (nSPS) is 14.0. The molecule has 25 heavy (non-hydrogen) atoms. The number of nitrogens with zero attached hydrogens (tertiary/aromatic N) is 3. The van der Waals surface area contributed by atoms with E-state index in [0.717, 1.165) is 5.56 Å². The van der Waals surface area contributed by atoms with Gasteiger partial charge in [-0.05, 0) is 17.7 Å². The maximum atomic E-state index is 12.5. The van der Waals surface area contributed by atoms with Gasteiger partial charge in [-0.2, -0.15) is 5.10 Å². The summed E-state index contributed by atoms with van der Waals surface area (Å²) in [5.41, 5.74) is 1.72. The average Bonchev–Trinajstić information content (AvgIpc) is 2.65. The SMILES string of the molecule is COc1ncccc1NC(=O)C1=NN(Cc2ccccc2)C(=O)CC1. The standard InChI is InChI=1S/C18H18N4O3/c1-25-18-15(8-5-11-19-18)20-17(24)14-9-10-16(23)22(21-14)12-13-6-3-2-4-7-13/h2-8,11H,9-10,12H2,1H3,(H,20,24). The molecular weight excluding hydrogens is 320 g/mol. The van der Waals surface area contributed by atoms with Crippen LogP contribution in [-0.2, 0) is 16.1 Å². The van der Waals surface area contributed by atoms with Crippen LogP contribution in [0, 0.1) is 0 Å². The highest BCUT2D eigenvalue weighted by Gasteiger charge is 2.25. The van der Waals surface area contributed by atoms with Gasteiger partial charge in [0.2, 0.25) is 11.8 Å². The molecule has 0 saturated heterocycles. The molecule has 128 valence electrons. The van der Waals surface area contributed by atoms with Gasteiger partial charge < -0.3 is 10.1 Å². The second kappa shape index (κ2) is 7.57. The van der Waals surface area contributed by atoms with Crippen molar-refractivity contribution in [1.82, 2.24) is 9.99 Å². The van der Waals surface area contributed by atoms with Gasteiger partial charge in [-0.15, -0.1) is 0 Å². The number of hydrazone groups is 1. The van der Waals surface area contributed by atoms with E-state index in [1.807, 2.05) is 30.3 Å². The highest BCUT2D eigenvalue weighted by atomic mass is 16.5. The zero-order valence-corrected chi connectivity index (χ0v) is 13.8. The molecule has 7 heteroatoms. The van der Waals surface area contributed by atoms with Crippen LogP contribution in [0.1, 0.15) is 18.4 Å². The number of amides is 2. The van der Waals surface area contributed by atoms with E-state index in [1.165, 1.54) is 12.1 Å². The summed E-state index contributed by atoms with van der Waals surface area (Å²) in [4.78, 5) is 28.6. The third kappa shape index (κ3) is 4.00. The van der Waals surface area contributed by atoms with Crippen LogP contribution in [0.3, 0.4) is 0 Å². The Morgan fingerprint density at radius 3 is 2.76 bits per heavy atom. The maximum Gasteiger partial charge on any atom is 0.272 e. The number of ether oxygens (including phenoxy) is 1. The smallest absolute Gasteiger partial charge is 0.272 e. The van der Waals surface area contributed by atoms with Crippen molar-refractivity contribution >= 4 is 23.2 Å². The number of hydrogen-bond donors (Lipinski definition) is 1. The summed E-state index contributed by atoms with van der Waals surface area (Å²) in [6, 6.07) is 12.9. The fourth-order valence-electron chi connectivity index (χ4n) is 2.49. The van der Waals surface area contributed by atoms with Crippen LogP contribution < -0.4 is 10.1 Å². The summed E-state index contributed by atoms with van der Waals surface area (Å²) in [5.74, 6) is -0.138. The Kier molecular flexibility index (Phi) is 5.03. The van der Waals surface area contributed by atoms with Crippen LogP contribution in [0.15, 0.2) is 53.8 Å². The van der Waals surface area contributed by atoms with Gasteiger partial charge in [0, 0.05) is 19.0 Å². The van der Waals surface area contributed by atoms with Gasteiger partial charge in [0.15, 0.2) is 0 Å². The lowest BCUT2D eigenvalue weighted by Crippen LogP contribution is -2.36. The molecule has 0 spiro atoms. The van der Waals surface area contributed by atoms with Crippen LogP contribution in [0.4, 0.5) is 5.69 Å². The maximum absolute atomic E-state index is 12.5. The number of pyridine rings is 1. The first-order valence-corrected chi connectivity index (χ1v) is 7.89. The van der Waals surface area contributed by atoms with E-state index in [-0.39, 0.29) is 18.2 Å². The summed E-state index contributed by atoms with van der Waals surface area (Å²) < 4.78 is 5.12. The second-order valence-electron chi connectivity index (χ2n) is 5.50. The molecule has 0 fully saturated rings. The molecule has 0 unspecified atom stereocenters. The fourth-order valence-corrected chi connectivity index (χ4v) is 2.49. The minimum atomic E-state index is -0.364. The van der Waals surface area contributed by atoms with E-state index in [0.29, 0.717) is 30.2 Å². The molecule has 0 radical (unpaired) electrons. The number of methoxy groups -OCH3 is 1. The fraction of sp³-hybridized carbons (Fsp3) is 0.222. The van der Waals surface area contributed by atoms with E-state index in [4.69, 9.17) is 4.74 Å². The van der Waals surface area contributed by atoms with Crippen molar-refractivity contribution in [3.05, 3.63) is 54.2 Å². The van der Waals surface area contributed by atoms with Gasteiger partial charge in [0.1, 0.15) is 11.4 Å². The zero-order valence-electron chi connectivity index (χ0n) is 13.8. The number of nitrogens with one attached hydrogen (secondary N) is 1. The number of carbonyl (C=O) groups excluding carboxylic acids is 2. The van der Waals surface area contributed by atoms with Crippen molar-refractivity contribution in [3.8, 4) is 5.88 Å². The topological polar surface area (TPSA) is 83.9 Å². The predicted molar refractivity (Wildman–Crippen MR) is 93.1 cm³/mol. The number of aromatic nitrogens is 1. The molecule has 2 amide bonds. The van der Waals surface area contributed by atoms with E-state index >= 15 is 0 Å². The van der Waals surface area contributed by atoms with Crippen LogP contribution >= 0.6 is 0 Å². The molecule has 1 aliphatic heterocycles. The lowest BCUT2D eigenvalue weighted by atomic mass is 10.1. The first-order chi connectivity index (χ1) is 12.2. The van der Waals surface area contributed by atoms with E-state index in [2.05, 4.69) is 15.4 Å². The van der Waals surface area contributed by atoms with Gasteiger partial charge in [-0.25, -0.2) is 9.99 Å². The average molecular weight is 338 g/mol. The first-order valence-electron chi connectivity index (χ1n) is 7.89. The molecule has 1 aliphatic rings. The minimum absolute atomic E-state index is 0.0978. The number of carbonyl (C=O) groups is 2. The van der Waals surface area contributed by atoms with E-state index in [1.54, 1.807) is 18.3 Å². The highest BCUT2D eigenvalue weighted by Crippen LogP contribution is 2.21. The first kappa shape index (κ1) is 16.6. The van der Waals surface area contributed by atoms with E-state index in [9.17, 15) is 9.59 Å². The largest absolute Gasteiger partial charge is 0.480 e. The minimum Gasteiger partial charge on any atom is -0.480 e. The lowest BCUT2D eigenvalue weighted by Gasteiger charge is -2.23. The van der Waals surface area contributed by atoms with Gasteiger partial charge in [0.25, 0.3) is 5.91 Å². The van der Waals surface area contributed by atoms with Crippen LogP contribution in [0.25, 0.3) is 0 Å². The lowest BCUT2D eigenvalue weighted by molar-refractivity contribution is -0.132. The molecule has 0 aliphatic carbocycles. The summed E-state index contributed by atoms with van der Waals surface area (Å²) in [6.45, 7) is 0.340. The summed E-state index contributed by atoms with van der Waals surface area (Å²) in [7, 11) is 1.48. The summed E-state index contributed by atoms with van der Waals surface area (Å²) in [5, 5.41) is 8.31. The monoisotopic (exact) mass is 338 g/mol. The molecule has 2 aromatic rings. The van der Waals surface area contributed by atoms with Crippen molar-refractivity contribution < 1.29 is 14.3 Å². The number of hydrogen-bond acceptors (Lipinski definition) is 5. The van der Waals surface area contributed by atoms with Crippen molar-refractivity contribution in [2.75, 3.05) is 12.4 Å². The third-order valence-electron chi connectivity index (χ3n) is 3.75. The third-order valence-corrected chi connectivity index (χ3v) is 3.75. The molecular formula is C18H18N4O3. The quantitative estimate of drug-likeness (QED) is 0.906. The molecule has 1 aromatic carbocycles.